The zero-order chi connectivity index (χ0) is 19.6. The lowest BCUT2D eigenvalue weighted by atomic mass is 10.1. The summed E-state index contributed by atoms with van der Waals surface area (Å²) in [7, 11) is 0. The fourth-order valence-corrected chi connectivity index (χ4v) is 5.21. The normalized spacial score (nSPS) is 14.1. The van der Waals surface area contributed by atoms with E-state index in [1.807, 2.05) is 32.9 Å². The summed E-state index contributed by atoms with van der Waals surface area (Å²) in [5.41, 5.74) is 3.75. The van der Waals surface area contributed by atoms with Crippen LogP contribution in [0.25, 0.3) is 5.69 Å². The van der Waals surface area contributed by atoms with Crippen LogP contribution in [0, 0.1) is 13.8 Å². The summed E-state index contributed by atoms with van der Waals surface area (Å²) < 4.78 is 6.85. The summed E-state index contributed by atoms with van der Waals surface area (Å²) in [6, 6.07) is 6.04. The summed E-state index contributed by atoms with van der Waals surface area (Å²) in [6.07, 6.45) is 1.39. The van der Waals surface area contributed by atoms with Gasteiger partial charge in [0, 0.05) is 12.2 Å². The highest BCUT2D eigenvalue weighted by Crippen LogP contribution is 2.32. The minimum Gasteiger partial charge on any atom is -0.465 e. The van der Waals surface area contributed by atoms with Gasteiger partial charge in [0.25, 0.3) is 5.56 Å². The molecule has 1 aliphatic rings. The van der Waals surface area contributed by atoms with Crippen LogP contribution in [-0.2, 0) is 16.0 Å². The molecule has 0 aliphatic carbocycles. The van der Waals surface area contributed by atoms with Crippen molar-refractivity contribution in [2.45, 2.75) is 55.8 Å². The molecule has 5 nitrogen and oxygen atoms in total. The molecule has 0 amide bonds. The molecule has 0 radical (unpaired) electrons. The van der Waals surface area contributed by atoms with E-state index in [1.54, 1.807) is 23.3 Å². The van der Waals surface area contributed by atoms with Gasteiger partial charge in [0.1, 0.15) is 5.25 Å². The molecule has 1 aromatic carbocycles. The van der Waals surface area contributed by atoms with Crippen molar-refractivity contribution in [1.29, 1.82) is 0 Å². The van der Waals surface area contributed by atoms with E-state index in [-0.39, 0.29) is 16.8 Å². The maximum absolute atomic E-state index is 13.2. The monoisotopic (exact) mass is 404 g/mol. The van der Waals surface area contributed by atoms with Crippen molar-refractivity contribution in [3.63, 3.8) is 0 Å². The van der Waals surface area contributed by atoms with E-state index < -0.39 is 0 Å². The number of aromatic nitrogens is 2. The van der Waals surface area contributed by atoms with Crippen LogP contribution >= 0.6 is 23.5 Å². The highest BCUT2D eigenvalue weighted by molar-refractivity contribution is 8.00. The molecule has 7 heteroatoms. The van der Waals surface area contributed by atoms with Crippen molar-refractivity contribution >= 4 is 29.5 Å². The lowest BCUT2D eigenvalue weighted by Crippen LogP contribution is -2.26. The summed E-state index contributed by atoms with van der Waals surface area (Å²) in [4.78, 5) is 31.0. The van der Waals surface area contributed by atoms with Gasteiger partial charge >= 0.3 is 5.97 Å². The summed E-state index contributed by atoms with van der Waals surface area (Å²) in [6.45, 7) is 8.10. The average Bonchev–Trinajstić information content (AvgIpc) is 3.07. The number of carbonyl (C=O) groups is 1. The molecule has 2 heterocycles. The Kier molecular flexibility index (Phi) is 6.32. The highest BCUT2D eigenvalue weighted by atomic mass is 32.2. The molecule has 0 saturated carbocycles. The standard InChI is InChI=1S/C20H24N2O3S2/c1-5-16(19(24)25-6-2)27-20-21-15-7-8-26-17(15)18(23)22(20)14-10-12(3)9-13(4)11-14/h9-11,16H,5-8H2,1-4H3. The molecular formula is C20H24N2O3S2. The number of esters is 1. The van der Waals surface area contributed by atoms with Crippen molar-refractivity contribution in [1.82, 2.24) is 9.55 Å². The van der Waals surface area contributed by atoms with E-state index in [2.05, 4.69) is 6.07 Å². The van der Waals surface area contributed by atoms with E-state index in [4.69, 9.17) is 9.72 Å². The van der Waals surface area contributed by atoms with Gasteiger partial charge in [-0.25, -0.2) is 4.98 Å². The number of hydrogen-bond acceptors (Lipinski definition) is 6. The van der Waals surface area contributed by atoms with Gasteiger partial charge in [0.05, 0.1) is 22.9 Å². The van der Waals surface area contributed by atoms with Gasteiger partial charge in [-0.15, -0.1) is 11.8 Å². The van der Waals surface area contributed by atoms with Crippen LogP contribution in [0.1, 0.15) is 37.1 Å². The zero-order valence-electron chi connectivity index (χ0n) is 16.1. The smallest absolute Gasteiger partial charge is 0.319 e. The molecule has 0 spiro atoms. The van der Waals surface area contributed by atoms with Gasteiger partial charge in [-0.3, -0.25) is 14.2 Å². The Balaban J connectivity index is 2.13. The van der Waals surface area contributed by atoms with Crippen molar-refractivity contribution in [3.8, 4) is 5.69 Å². The molecule has 144 valence electrons. The van der Waals surface area contributed by atoms with Crippen LogP contribution in [0.2, 0.25) is 0 Å². The molecule has 0 bridgehead atoms. The maximum Gasteiger partial charge on any atom is 0.319 e. The molecule has 1 aliphatic heterocycles. The van der Waals surface area contributed by atoms with Gasteiger partial charge in [-0.2, -0.15) is 0 Å². The quantitative estimate of drug-likeness (QED) is 0.413. The first-order valence-electron chi connectivity index (χ1n) is 9.15. The molecule has 27 heavy (non-hydrogen) atoms. The average molecular weight is 405 g/mol. The van der Waals surface area contributed by atoms with Gasteiger partial charge in [-0.1, -0.05) is 24.8 Å². The van der Waals surface area contributed by atoms with Crippen molar-refractivity contribution < 1.29 is 9.53 Å². The maximum atomic E-state index is 13.2. The van der Waals surface area contributed by atoms with E-state index >= 15 is 0 Å². The minimum absolute atomic E-state index is 0.0475. The first-order chi connectivity index (χ1) is 12.9. The SMILES string of the molecule is CCOC(=O)C(CC)Sc1nc2c(c(=O)n1-c1cc(C)cc(C)c1)SCC2. The third-order valence-corrected chi connectivity index (χ3v) is 6.70. The van der Waals surface area contributed by atoms with E-state index in [0.717, 1.165) is 39.6 Å². The first kappa shape index (κ1) is 20.0. The van der Waals surface area contributed by atoms with Crippen LogP contribution in [0.5, 0.6) is 0 Å². The number of carbonyl (C=O) groups excluding carboxylic acids is 1. The lowest BCUT2D eigenvalue weighted by Gasteiger charge is -2.18. The third kappa shape index (κ3) is 4.24. The number of ether oxygens (including phenoxy) is 1. The van der Waals surface area contributed by atoms with Crippen molar-refractivity contribution in [2.75, 3.05) is 12.4 Å². The number of nitrogens with zero attached hydrogens (tertiary/aromatic N) is 2. The number of aryl methyl sites for hydroxylation is 3. The van der Waals surface area contributed by atoms with Crippen LogP contribution in [0.15, 0.2) is 33.0 Å². The number of hydrogen-bond donors (Lipinski definition) is 0. The van der Waals surface area contributed by atoms with Crippen LogP contribution in [0.4, 0.5) is 0 Å². The molecule has 2 aromatic rings. The highest BCUT2D eigenvalue weighted by Gasteiger charge is 2.27. The fraction of sp³-hybridized carbons (Fsp3) is 0.450. The molecule has 1 unspecified atom stereocenters. The van der Waals surface area contributed by atoms with Crippen LogP contribution in [0.3, 0.4) is 0 Å². The topological polar surface area (TPSA) is 61.2 Å². The molecule has 1 aromatic heterocycles. The number of benzene rings is 1. The first-order valence-corrected chi connectivity index (χ1v) is 11.0. The molecule has 0 saturated heterocycles. The Morgan fingerprint density at radius 2 is 2.00 bits per heavy atom. The Morgan fingerprint density at radius 1 is 1.30 bits per heavy atom. The van der Waals surface area contributed by atoms with Gasteiger partial charge in [-0.05, 0) is 50.5 Å². The van der Waals surface area contributed by atoms with Gasteiger partial charge < -0.3 is 4.74 Å². The lowest BCUT2D eigenvalue weighted by molar-refractivity contribution is -0.142. The fourth-order valence-electron chi connectivity index (χ4n) is 3.14. The minimum atomic E-state index is -0.388. The van der Waals surface area contributed by atoms with Crippen molar-refractivity contribution in [2.24, 2.45) is 0 Å². The van der Waals surface area contributed by atoms with Crippen LogP contribution < -0.4 is 5.56 Å². The Labute approximate surface area is 167 Å². The van der Waals surface area contributed by atoms with Gasteiger partial charge in [0.2, 0.25) is 0 Å². The van der Waals surface area contributed by atoms with Gasteiger partial charge in [0.15, 0.2) is 5.16 Å². The van der Waals surface area contributed by atoms with E-state index in [9.17, 15) is 9.59 Å². The number of thioether (sulfide) groups is 2. The summed E-state index contributed by atoms with van der Waals surface area (Å²) >= 11 is 2.88. The predicted octanol–water partition coefficient (Wildman–Crippen LogP) is 3.93. The zero-order valence-corrected chi connectivity index (χ0v) is 17.7. The molecule has 0 fully saturated rings. The second-order valence-electron chi connectivity index (χ2n) is 6.52. The summed E-state index contributed by atoms with van der Waals surface area (Å²) in [5.74, 6) is 0.606. The van der Waals surface area contributed by atoms with Crippen LogP contribution in [-0.4, -0.2) is 33.1 Å². The Morgan fingerprint density at radius 3 is 2.63 bits per heavy atom. The molecule has 0 N–H and O–H groups in total. The largest absolute Gasteiger partial charge is 0.465 e. The summed E-state index contributed by atoms with van der Waals surface area (Å²) in [5, 5.41) is 0.173. The predicted molar refractivity (Wildman–Crippen MR) is 110 cm³/mol. The molecule has 3 rings (SSSR count). The number of fused-ring (bicyclic) bond motifs is 1. The number of rotatable bonds is 6. The van der Waals surface area contributed by atoms with E-state index in [0.29, 0.717) is 18.2 Å². The molecule has 1 atom stereocenters. The Bertz CT molecular complexity index is 904. The Hall–Kier alpha value is -1.73. The molecular weight excluding hydrogens is 380 g/mol. The van der Waals surface area contributed by atoms with E-state index in [1.165, 1.54) is 11.8 Å². The third-order valence-electron chi connectivity index (χ3n) is 4.30. The van der Waals surface area contributed by atoms with Crippen molar-refractivity contribution in [3.05, 3.63) is 45.4 Å². The second-order valence-corrected chi connectivity index (χ2v) is 8.80. The second kappa shape index (κ2) is 8.52.